The lowest BCUT2D eigenvalue weighted by molar-refractivity contribution is -0.117. The molecule has 1 aromatic rings. The van der Waals surface area contributed by atoms with E-state index in [1.807, 2.05) is 26.0 Å². The minimum absolute atomic E-state index is 0.0394. The topological polar surface area (TPSA) is 54.4 Å². The van der Waals surface area contributed by atoms with Crippen molar-refractivity contribution in [1.82, 2.24) is 0 Å². The zero-order chi connectivity index (χ0) is 19.4. The normalized spacial score (nSPS) is 14.2. The van der Waals surface area contributed by atoms with Gasteiger partial charge in [-0.3, -0.25) is 9.59 Å². The first-order valence-electron chi connectivity index (χ1n) is 8.52. The van der Waals surface area contributed by atoms with E-state index in [2.05, 4.69) is 20.8 Å². The predicted molar refractivity (Wildman–Crippen MR) is 110 cm³/mol. The molecule has 0 aliphatic heterocycles. The summed E-state index contributed by atoms with van der Waals surface area (Å²) in [5, 5.41) is 10.6. The Bertz CT molecular complexity index is 633. The number of phenols is 1. The lowest BCUT2D eigenvalue weighted by Gasteiger charge is -2.24. The van der Waals surface area contributed by atoms with E-state index >= 15 is 0 Å². The molecule has 1 rings (SSSR count). The first kappa shape index (κ1) is 22.1. The zero-order valence-corrected chi connectivity index (χ0v) is 17.9. The molecule has 0 saturated heterocycles. The molecule has 1 N–H and O–H groups in total. The van der Waals surface area contributed by atoms with Gasteiger partial charge in [-0.1, -0.05) is 32.9 Å². The van der Waals surface area contributed by atoms with Gasteiger partial charge in [0, 0.05) is 17.1 Å². The third-order valence-electron chi connectivity index (χ3n) is 4.19. The third-order valence-corrected chi connectivity index (χ3v) is 6.83. The minimum Gasteiger partial charge on any atom is -0.507 e. The maximum absolute atomic E-state index is 11.5. The fourth-order valence-corrected chi connectivity index (χ4v) is 3.92. The van der Waals surface area contributed by atoms with Crippen LogP contribution >= 0.6 is 23.5 Å². The van der Waals surface area contributed by atoms with Crippen LogP contribution in [0.3, 0.4) is 0 Å². The summed E-state index contributed by atoms with van der Waals surface area (Å²) in [5.41, 5.74) is 2.69. The van der Waals surface area contributed by atoms with Gasteiger partial charge in [-0.25, -0.2) is 0 Å². The average Bonchev–Trinajstić information content (AvgIpc) is 2.50. The van der Waals surface area contributed by atoms with Crippen LogP contribution in [0.15, 0.2) is 12.1 Å². The fourth-order valence-electron chi connectivity index (χ4n) is 2.20. The molecule has 3 nitrogen and oxygen atoms in total. The molecule has 0 spiro atoms. The molecule has 2 atom stereocenters. The number of aromatic hydroxyl groups is 1. The molecule has 2 unspecified atom stereocenters. The molecular weight excluding hydrogens is 352 g/mol. The van der Waals surface area contributed by atoms with Crippen molar-refractivity contribution in [3.8, 4) is 5.75 Å². The second-order valence-corrected chi connectivity index (χ2v) is 10.2. The summed E-state index contributed by atoms with van der Waals surface area (Å²) in [6.07, 6.45) is 0. The summed E-state index contributed by atoms with van der Waals surface area (Å²) in [7, 11) is 0. The number of ketones is 2. The Morgan fingerprint density at radius 2 is 1.48 bits per heavy atom. The lowest BCUT2D eigenvalue weighted by atomic mass is 9.84. The SMILES string of the molecule is CC(=O)C(C)SCc1cc(CSC(C)C(C)=O)c(O)c(C(C)(C)C)c1. The highest BCUT2D eigenvalue weighted by atomic mass is 32.2. The average molecular weight is 383 g/mol. The van der Waals surface area contributed by atoms with E-state index in [4.69, 9.17) is 0 Å². The van der Waals surface area contributed by atoms with Crippen LogP contribution in [0.5, 0.6) is 5.75 Å². The van der Waals surface area contributed by atoms with Crippen LogP contribution in [0.25, 0.3) is 0 Å². The Labute approximate surface area is 160 Å². The van der Waals surface area contributed by atoms with E-state index in [0.717, 1.165) is 22.4 Å². The zero-order valence-electron chi connectivity index (χ0n) is 16.3. The van der Waals surface area contributed by atoms with Gasteiger partial charge in [0.2, 0.25) is 0 Å². The van der Waals surface area contributed by atoms with Crippen molar-refractivity contribution in [1.29, 1.82) is 0 Å². The number of benzene rings is 1. The largest absolute Gasteiger partial charge is 0.507 e. The fraction of sp³-hybridized carbons (Fsp3) is 0.600. The second-order valence-electron chi connectivity index (χ2n) is 7.53. The maximum Gasteiger partial charge on any atom is 0.142 e. The maximum atomic E-state index is 11.5. The lowest BCUT2D eigenvalue weighted by Crippen LogP contribution is -2.14. The van der Waals surface area contributed by atoms with Crippen molar-refractivity contribution >= 4 is 35.1 Å². The summed E-state index contributed by atoms with van der Waals surface area (Å²) in [5.74, 6) is 1.96. The Morgan fingerprint density at radius 3 is 1.92 bits per heavy atom. The van der Waals surface area contributed by atoms with E-state index in [9.17, 15) is 14.7 Å². The number of hydrogen-bond donors (Lipinski definition) is 1. The first-order valence-corrected chi connectivity index (χ1v) is 10.6. The summed E-state index contributed by atoms with van der Waals surface area (Å²) in [4.78, 5) is 22.9. The molecule has 0 amide bonds. The van der Waals surface area contributed by atoms with Gasteiger partial charge in [-0.05, 0) is 44.2 Å². The van der Waals surface area contributed by atoms with Gasteiger partial charge in [-0.15, -0.1) is 23.5 Å². The van der Waals surface area contributed by atoms with Gasteiger partial charge in [-0.2, -0.15) is 0 Å². The highest BCUT2D eigenvalue weighted by Gasteiger charge is 2.22. The van der Waals surface area contributed by atoms with E-state index in [-0.39, 0.29) is 27.5 Å². The van der Waals surface area contributed by atoms with Gasteiger partial charge in [0.25, 0.3) is 0 Å². The molecule has 0 fully saturated rings. The van der Waals surface area contributed by atoms with Gasteiger partial charge in [0.15, 0.2) is 0 Å². The first-order chi connectivity index (χ1) is 11.4. The Balaban J connectivity index is 3.11. The molecule has 0 radical (unpaired) electrons. The number of hydrogen-bond acceptors (Lipinski definition) is 5. The number of carbonyl (C=O) groups is 2. The molecule has 0 aliphatic carbocycles. The van der Waals surface area contributed by atoms with Crippen molar-refractivity contribution < 1.29 is 14.7 Å². The van der Waals surface area contributed by atoms with Crippen molar-refractivity contribution in [2.45, 2.75) is 75.9 Å². The van der Waals surface area contributed by atoms with Crippen LogP contribution in [0.4, 0.5) is 0 Å². The predicted octanol–water partition coefficient (Wildman–Crippen LogP) is 5.11. The molecule has 25 heavy (non-hydrogen) atoms. The van der Waals surface area contributed by atoms with Gasteiger partial charge in [0.1, 0.15) is 17.3 Å². The molecular formula is C20H30O3S2. The van der Waals surface area contributed by atoms with Crippen LogP contribution in [0.2, 0.25) is 0 Å². The smallest absolute Gasteiger partial charge is 0.142 e. The third kappa shape index (κ3) is 6.70. The van der Waals surface area contributed by atoms with Crippen LogP contribution in [-0.4, -0.2) is 27.2 Å². The van der Waals surface area contributed by atoms with Gasteiger partial charge in [0.05, 0.1) is 10.5 Å². The van der Waals surface area contributed by atoms with E-state index in [1.165, 1.54) is 11.8 Å². The van der Waals surface area contributed by atoms with Gasteiger partial charge >= 0.3 is 0 Å². The summed E-state index contributed by atoms with van der Waals surface area (Å²) >= 11 is 3.15. The Morgan fingerprint density at radius 1 is 1.00 bits per heavy atom. The van der Waals surface area contributed by atoms with Crippen molar-refractivity contribution in [3.05, 3.63) is 28.8 Å². The summed E-state index contributed by atoms with van der Waals surface area (Å²) < 4.78 is 0. The highest BCUT2D eigenvalue weighted by molar-refractivity contribution is 8.00. The van der Waals surface area contributed by atoms with Crippen molar-refractivity contribution in [3.63, 3.8) is 0 Å². The Kier molecular flexibility index (Phi) is 8.07. The standard InChI is InChI=1S/C20H30O3S2/c1-12(21)14(3)24-10-16-8-17(11-25-15(4)13(2)22)19(23)18(9-16)20(5,6)7/h8-9,14-15,23H,10-11H2,1-7H3. The molecule has 5 heteroatoms. The van der Waals surface area contributed by atoms with Crippen LogP contribution in [0, 0.1) is 0 Å². The molecule has 1 aromatic carbocycles. The van der Waals surface area contributed by atoms with Crippen molar-refractivity contribution in [2.24, 2.45) is 0 Å². The Hall–Kier alpha value is -0.940. The molecule has 0 heterocycles. The molecule has 140 valence electrons. The van der Waals surface area contributed by atoms with E-state index in [0.29, 0.717) is 11.5 Å². The van der Waals surface area contributed by atoms with Crippen LogP contribution in [0.1, 0.15) is 65.2 Å². The molecule has 0 aromatic heterocycles. The highest BCUT2D eigenvalue weighted by Crippen LogP contribution is 2.37. The molecule has 0 aliphatic rings. The number of phenolic OH excluding ortho intramolecular Hbond substituents is 1. The molecule has 0 saturated carbocycles. The quantitative estimate of drug-likeness (QED) is 0.677. The number of rotatable bonds is 8. The van der Waals surface area contributed by atoms with Gasteiger partial charge < -0.3 is 5.11 Å². The second kappa shape index (κ2) is 9.13. The minimum atomic E-state index is -0.178. The number of thioether (sulfide) groups is 2. The number of carbonyl (C=O) groups excluding carboxylic acids is 2. The van der Waals surface area contributed by atoms with E-state index in [1.54, 1.807) is 25.6 Å². The monoisotopic (exact) mass is 382 g/mol. The summed E-state index contributed by atoms with van der Waals surface area (Å²) in [6, 6.07) is 4.04. The van der Waals surface area contributed by atoms with Crippen molar-refractivity contribution in [2.75, 3.05) is 0 Å². The molecule has 0 bridgehead atoms. The van der Waals surface area contributed by atoms with Crippen LogP contribution < -0.4 is 0 Å². The number of Topliss-reactive ketones (excluding diaryl/α,β-unsaturated/α-hetero) is 2. The van der Waals surface area contributed by atoms with E-state index < -0.39 is 0 Å². The van der Waals surface area contributed by atoms with Crippen LogP contribution in [-0.2, 0) is 26.5 Å². The summed E-state index contributed by atoms with van der Waals surface area (Å²) in [6.45, 7) is 13.2.